The average Bonchev–Trinajstić information content (AvgIpc) is 2.53. The molecular weight excluding hydrogens is 264 g/mol. The van der Waals surface area contributed by atoms with Gasteiger partial charge in [-0.1, -0.05) is 25.1 Å². The molecule has 0 radical (unpaired) electrons. The fourth-order valence-electron chi connectivity index (χ4n) is 3.36. The first kappa shape index (κ1) is 14.4. The zero-order valence-corrected chi connectivity index (χ0v) is 12.7. The van der Waals surface area contributed by atoms with Gasteiger partial charge in [0.1, 0.15) is 5.75 Å². The highest BCUT2D eigenvalue weighted by molar-refractivity contribution is 5.83. The Bertz CT molecular complexity index is 503. The Hall–Kier alpha value is -1.55. The molecule has 0 aliphatic carbocycles. The normalized spacial score (nSPS) is 25.4. The third kappa shape index (κ3) is 2.91. The Balaban J connectivity index is 1.79. The van der Waals surface area contributed by atoms with Crippen molar-refractivity contribution in [3.05, 3.63) is 29.8 Å². The van der Waals surface area contributed by atoms with Crippen LogP contribution >= 0.6 is 0 Å². The number of hydrogen-bond acceptors (Lipinski definition) is 3. The van der Waals surface area contributed by atoms with Crippen molar-refractivity contribution in [2.45, 2.75) is 44.7 Å². The van der Waals surface area contributed by atoms with Crippen LogP contribution < -0.4 is 10.1 Å². The van der Waals surface area contributed by atoms with E-state index in [9.17, 15) is 4.79 Å². The molecular formula is C17H24N2O2. The first-order chi connectivity index (χ1) is 10.3. The van der Waals surface area contributed by atoms with E-state index in [0.717, 1.165) is 50.1 Å². The van der Waals surface area contributed by atoms with Gasteiger partial charge in [-0.05, 0) is 31.9 Å². The molecule has 2 unspecified atom stereocenters. The van der Waals surface area contributed by atoms with Crippen molar-refractivity contribution >= 4 is 5.91 Å². The maximum absolute atomic E-state index is 12.8. The summed E-state index contributed by atoms with van der Waals surface area (Å²) in [6.07, 6.45) is 3.99. The Kier molecular flexibility index (Phi) is 4.44. The summed E-state index contributed by atoms with van der Waals surface area (Å²) in [5, 5.41) is 3.39. The smallest absolute Gasteiger partial charge is 0.240 e. The molecule has 3 rings (SSSR count). The van der Waals surface area contributed by atoms with Gasteiger partial charge in [0.05, 0.1) is 18.7 Å². The topological polar surface area (TPSA) is 41.6 Å². The van der Waals surface area contributed by atoms with Crippen molar-refractivity contribution in [3.8, 4) is 5.75 Å². The van der Waals surface area contributed by atoms with E-state index in [1.54, 1.807) is 0 Å². The van der Waals surface area contributed by atoms with Gasteiger partial charge in [0, 0.05) is 18.5 Å². The summed E-state index contributed by atoms with van der Waals surface area (Å²) < 4.78 is 5.72. The molecule has 0 saturated carbocycles. The van der Waals surface area contributed by atoms with Crippen LogP contribution in [-0.4, -0.2) is 36.5 Å². The minimum absolute atomic E-state index is 0.00583. The quantitative estimate of drug-likeness (QED) is 0.925. The van der Waals surface area contributed by atoms with E-state index >= 15 is 0 Å². The summed E-state index contributed by atoms with van der Waals surface area (Å²) in [6.45, 7) is 4.60. The summed E-state index contributed by atoms with van der Waals surface area (Å²) in [5.41, 5.74) is 1.16. The van der Waals surface area contributed by atoms with Crippen LogP contribution in [0.2, 0.25) is 0 Å². The molecule has 1 aromatic carbocycles. The van der Waals surface area contributed by atoms with E-state index in [2.05, 4.69) is 23.2 Å². The zero-order valence-electron chi connectivity index (χ0n) is 12.7. The summed E-state index contributed by atoms with van der Waals surface area (Å²) >= 11 is 0. The standard InChI is InChI=1S/C17H24N2O2/c1-2-10-18-14-7-5-11-19(17(14)20)15-9-12-21-16-8-4-3-6-13(15)16/h3-4,6,8,14-15,18H,2,5,7,9-12H2,1H3. The zero-order chi connectivity index (χ0) is 14.7. The highest BCUT2D eigenvalue weighted by Gasteiger charge is 2.35. The lowest BCUT2D eigenvalue weighted by molar-refractivity contribution is -0.139. The Morgan fingerprint density at radius 1 is 1.33 bits per heavy atom. The number of nitrogens with zero attached hydrogens (tertiary/aromatic N) is 1. The molecule has 1 aromatic rings. The average molecular weight is 288 g/mol. The molecule has 2 aliphatic rings. The van der Waals surface area contributed by atoms with Gasteiger partial charge < -0.3 is 15.0 Å². The molecule has 21 heavy (non-hydrogen) atoms. The fraction of sp³-hybridized carbons (Fsp3) is 0.588. The highest BCUT2D eigenvalue weighted by atomic mass is 16.5. The molecule has 1 amide bonds. The maximum atomic E-state index is 12.8. The number of ether oxygens (including phenoxy) is 1. The van der Waals surface area contributed by atoms with Gasteiger partial charge in [0.2, 0.25) is 5.91 Å². The molecule has 1 fully saturated rings. The number of benzene rings is 1. The first-order valence-corrected chi connectivity index (χ1v) is 8.07. The number of fused-ring (bicyclic) bond motifs is 1. The van der Waals surface area contributed by atoms with Crippen LogP contribution in [-0.2, 0) is 4.79 Å². The van der Waals surface area contributed by atoms with E-state index in [1.807, 2.05) is 18.2 Å². The summed E-state index contributed by atoms with van der Waals surface area (Å²) in [6, 6.07) is 8.28. The van der Waals surface area contributed by atoms with Crippen LogP contribution in [0.1, 0.15) is 44.2 Å². The summed E-state index contributed by atoms with van der Waals surface area (Å²) in [5.74, 6) is 1.20. The molecule has 0 bridgehead atoms. The van der Waals surface area contributed by atoms with Gasteiger partial charge in [-0.3, -0.25) is 4.79 Å². The molecule has 1 N–H and O–H groups in total. The van der Waals surface area contributed by atoms with Gasteiger partial charge in [0.25, 0.3) is 0 Å². The number of hydrogen-bond donors (Lipinski definition) is 1. The van der Waals surface area contributed by atoms with E-state index in [0.29, 0.717) is 6.61 Å². The maximum Gasteiger partial charge on any atom is 0.240 e. The largest absolute Gasteiger partial charge is 0.493 e. The van der Waals surface area contributed by atoms with E-state index in [-0.39, 0.29) is 18.0 Å². The number of nitrogens with one attached hydrogen (secondary N) is 1. The molecule has 0 aromatic heterocycles. The van der Waals surface area contributed by atoms with Crippen LogP contribution in [0.25, 0.3) is 0 Å². The second-order valence-electron chi connectivity index (χ2n) is 5.87. The van der Waals surface area contributed by atoms with Crippen molar-refractivity contribution < 1.29 is 9.53 Å². The number of amides is 1. The van der Waals surface area contributed by atoms with Gasteiger partial charge in [-0.2, -0.15) is 0 Å². The first-order valence-electron chi connectivity index (χ1n) is 8.07. The Morgan fingerprint density at radius 2 is 2.19 bits per heavy atom. The van der Waals surface area contributed by atoms with Crippen molar-refractivity contribution in [1.82, 2.24) is 10.2 Å². The number of para-hydroxylation sites is 1. The van der Waals surface area contributed by atoms with Crippen molar-refractivity contribution in [3.63, 3.8) is 0 Å². The minimum Gasteiger partial charge on any atom is -0.493 e. The molecule has 4 heteroatoms. The third-order valence-corrected chi connectivity index (χ3v) is 4.42. The minimum atomic E-state index is -0.00583. The Morgan fingerprint density at radius 3 is 3.05 bits per heavy atom. The molecule has 4 nitrogen and oxygen atoms in total. The predicted octanol–water partition coefficient (Wildman–Crippen LogP) is 2.50. The molecule has 2 aliphatic heterocycles. The van der Waals surface area contributed by atoms with Gasteiger partial charge in [0.15, 0.2) is 0 Å². The lowest BCUT2D eigenvalue weighted by Crippen LogP contribution is -2.52. The van der Waals surface area contributed by atoms with Crippen LogP contribution in [0.15, 0.2) is 24.3 Å². The van der Waals surface area contributed by atoms with E-state index in [4.69, 9.17) is 4.74 Å². The van der Waals surface area contributed by atoms with Crippen molar-refractivity contribution in [2.75, 3.05) is 19.7 Å². The van der Waals surface area contributed by atoms with Crippen molar-refractivity contribution in [1.29, 1.82) is 0 Å². The Labute approximate surface area is 126 Å². The molecule has 0 spiro atoms. The van der Waals surface area contributed by atoms with E-state index in [1.165, 1.54) is 0 Å². The highest BCUT2D eigenvalue weighted by Crippen LogP contribution is 2.37. The molecule has 114 valence electrons. The summed E-state index contributed by atoms with van der Waals surface area (Å²) in [7, 11) is 0. The molecule has 2 atom stereocenters. The second kappa shape index (κ2) is 6.48. The van der Waals surface area contributed by atoms with Gasteiger partial charge >= 0.3 is 0 Å². The van der Waals surface area contributed by atoms with E-state index < -0.39 is 0 Å². The van der Waals surface area contributed by atoms with Crippen LogP contribution in [0, 0.1) is 0 Å². The molecule has 2 heterocycles. The lowest BCUT2D eigenvalue weighted by Gasteiger charge is -2.40. The number of likely N-dealkylation sites (tertiary alicyclic amines) is 1. The SMILES string of the molecule is CCCNC1CCCN(C2CCOc3ccccc32)C1=O. The monoisotopic (exact) mass is 288 g/mol. The summed E-state index contributed by atoms with van der Waals surface area (Å²) in [4.78, 5) is 14.8. The van der Waals surface area contributed by atoms with Crippen LogP contribution in [0.4, 0.5) is 0 Å². The number of carbonyl (C=O) groups excluding carboxylic acids is 1. The number of carbonyl (C=O) groups is 1. The molecule has 1 saturated heterocycles. The lowest BCUT2D eigenvalue weighted by atomic mass is 9.95. The van der Waals surface area contributed by atoms with Crippen LogP contribution in [0.5, 0.6) is 5.75 Å². The second-order valence-corrected chi connectivity index (χ2v) is 5.87. The fourth-order valence-corrected chi connectivity index (χ4v) is 3.36. The van der Waals surface area contributed by atoms with Crippen molar-refractivity contribution in [2.24, 2.45) is 0 Å². The van der Waals surface area contributed by atoms with Gasteiger partial charge in [-0.25, -0.2) is 0 Å². The number of piperidine rings is 1. The van der Waals surface area contributed by atoms with Crippen LogP contribution in [0.3, 0.4) is 0 Å². The predicted molar refractivity (Wildman–Crippen MR) is 82.3 cm³/mol. The number of rotatable bonds is 4. The third-order valence-electron chi connectivity index (χ3n) is 4.42. The van der Waals surface area contributed by atoms with Gasteiger partial charge in [-0.15, -0.1) is 0 Å².